The molecular weight excluding hydrogens is 314 g/mol. The topological polar surface area (TPSA) is 47.6 Å². The Kier molecular flexibility index (Phi) is 5.66. The second-order valence-corrected chi connectivity index (χ2v) is 5.33. The summed E-state index contributed by atoms with van der Waals surface area (Å²) in [7, 11) is 3.03. The summed E-state index contributed by atoms with van der Waals surface area (Å²) in [6.07, 6.45) is 3.21. The first-order valence-corrected chi connectivity index (χ1v) is 7.38. The van der Waals surface area contributed by atoms with Gasteiger partial charge < -0.3 is 14.8 Å². The summed E-state index contributed by atoms with van der Waals surface area (Å²) >= 11 is 6.08. The van der Waals surface area contributed by atoms with Crippen LogP contribution in [-0.4, -0.2) is 20.1 Å². The molecule has 0 aliphatic heterocycles. The van der Waals surface area contributed by atoms with E-state index in [1.54, 1.807) is 18.2 Å². The molecule has 0 radical (unpaired) electrons. The zero-order valence-electron chi connectivity index (χ0n) is 13.2. The Bertz CT molecular complexity index is 741. The van der Waals surface area contributed by atoms with Crippen LogP contribution in [0.1, 0.15) is 11.1 Å². The molecule has 0 saturated carbocycles. The van der Waals surface area contributed by atoms with Crippen molar-refractivity contribution in [1.82, 2.24) is 0 Å². The third-order valence-corrected chi connectivity index (χ3v) is 3.50. The first kappa shape index (κ1) is 16.9. The van der Waals surface area contributed by atoms with E-state index in [1.165, 1.54) is 20.3 Å². The molecule has 0 unspecified atom stereocenters. The minimum Gasteiger partial charge on any atom is -0.495 e. The SMILES string of the molecule is COc1cc(OC)c(NC(=O)/C=C/c2cccc(C)c2)cc1Cl. The molecular formula is C18H18ClNO3. The second-order valence-electron chi connectivity index (χ2n) is 4.92. The summed E-state index contributed by atoms with van der Waals surface area (Å²) in [4.78, 5) is 12.1. The quantitative estimate of drug-likeness (QED) is 0.830. The van der Waals surface area contributed by atoms with E-state index in [4.69, 9.17) is 21.1 Å². The van der Waals surface area contributed by atoms with Gasteiger partial charge in [-0.2, -0.15) is 0 Å². The maximum atomic E-state index is 12.1. The number of benzene rings is 2. The van der Waals surface area contributed by atoms with Crippen LogP contribution in [0.15, 0.2) is 42.5 Å². The van der Waals surface area contributed by atoms with Gasteiger partial charge in [-0.25, -0.2) is 0 Å². The lowest BCUT2D eigenvalue weighted by Crippen LogP contribution is -2.09. The van der Waals surface area contributed by atoms with Crippen molar-refractivity contribution >= 4 is 29.3 Å². The minimum absolute atomic E-state index is 0.272. The fraction of sp³-hybridized carbons (Fsp3) is 0.167. The highest BCUT2D eigenvalue weighted by Gasteiger charge is 2.11. The molecule has 0 aromatic heterocycles. The molecule has 0 heterocycles. The molecule has 0 spiro atoms. The Morgan fingerprint density at radius 3 is 2.52 bits per heavy atom. The molecule has 0 bridgehead atoms. The number of hydrogen-bond acceptors (Lipinski definition) is 3. The maximum Gasteiger partial charge on any atom is 0.248 e. The second kappa shape index (κ2) is 7.70. The predicted molar refractivity (Wildman–Crippen MR) is 93.4 cm³/mol. The average molecular weight is 332 g/mol. The zero-order valence-corrected chi connectivity index (χ0v) is 14.0. The highest BCUT2D eigenvalue weighted by atomic mass is 35.5. The van der Waals surface area contributed by atoms with Gasteiger partial charge in [-0.15, -0.1) is 0 Å². The lowest BCUT2D eigenvalue weighted by atomic mass is 10.1. The van der Waals surface area contributed by atoms with Crippen LogP contribution in [0, 0.1) is 6.92 Å². The number of rotatable bonds is 5. The van der Waals surface area contributed by atoms with Gasteiger partial charge in [0.05, 0.1) is 24.9 Å². The van der Waals surface area contributed by atoms with E-state index in [9.17, 15) is 4.79 Å². The normalized spacial score (nSPS) is 10.6. The van der Waals surface area contributed by atoms with Crippen LogP contribution in [0.3, 0.4) is 0 Å². The standard InChI is InChI=1S/C18H18ClNO3/c1-12-5-4-6-13(9-12)7-8-18(21)20-15-10-14(19)16(22-2)11-17(15)23-3/h4-11H,1-3H3,(H,20,21)/b8-7+. The number of hydrogen-bond donors (Lipinski definition) is 1. The minimum atomic E-state index is -0.272. The molecule has 0 aliphatic carbocycles. The Morgan fingerprint density at radius 2 is 1.87 bits per heavy atom. The molecule has 0 saturated heterocycles. The highest BCUT2D eigenvalue weighted by molar-refractivity contribution is 6.32. The monoisotopic (exact) mass is 331 g/mol. The Balaban J connectivity index is 2.15. The Hall–Kier alpha value is -2.46. The molecule has 2 rings (SSSR count). The van der Waals surface area contributed by atoms with Crippen molar-refractivity contribution in [2.24, 2.45) is 0 Å². The van der Waals surface area contributed by atoms with E-state index in [1.807, 2.05) is 31.2 Å². The van der Waals surface area contributed by atoms with Crippen molar-refractivity contribution in [3.8, 4) is 11.5 Å². The fourth-order valence-corrected chi connectivity index (χ4v) is 2.32. The number of carbonyl (C=O) groups is 1. The number of carbonyl (C=O) groups excluding carboxylic acids is 1. The van der Waals surface area contributed by atoms with Crippen molar-refractivity contribution in [3.63, 3.8) is 0 Å². The molecule has 120 valence electrons. The number of aryl methyl sites for hydroxylation is 1. The van der Waals surface area contributed by atoms with E-state index in [0.717, 1.165) is 11.1 Å². The number of ether oxygens (including phenoxy) is 2. The van der Waals surface area contributed by atoms with E-state index in [-0.39, 0.29) is 5.91 Å². The number of anilines is 1. The van der Waals surface area contributed by atoms with Gasteiger partial charge in [-0.05, 0) is 24.6 Å². The first-order valence-electron chi connectivity index (χ1n) is 7.00. The third-order valence-electron chi connectivity index (χ3n) is 3.20. The van der Waals surface area contributed by atoms with Crippen LogP contribution in [0.25, 0.3) is 6.08 Å². The van der Waals surface area contributed by atoms with E-state index in [2.05, 4.69) is 5.32 Å². The van der Waals surface area contributed by atoms with Crippen molar-refractivity contribution in [2.75, 3.05) is 19.5 Å². The summed E-state index contributed by atoms with van der Waals surface area (Å²) < 4.78 is 10.4. The zero-order chi connectivity index (χ0) is 16.8. The van der Waals surface area contributed by atoms with Gasteiger partial charge in [0.2, 0.25) is 5.91 Å². The van der Waals surface area contributed by atoms with Crippen LogP contribution in [0.4, 0.5) is 5.69 Å². The molecule has 1 N–H and O–H groups in total. The summed E-state index contributed by atoms with van der Waals surface area (Å²) in [5.74, 6) is 0.686. The number of halogens is 1. The molecule has 0 fully saturated rings. The maximum absolute atomic E-state index is 12.1. The Labute approximate surface area is 140 Å². The average Bonchev–Trinajstić information content (AvgIpc) is 2.53. The van der Waals surface area contributed by atoms with Crippen molar-refractivity contribution in [2.45, 2.75) is 6.92 Å². The van der Waals surface area contributed by atoms with Crippen LogP contribution in [0.2, 0.25) is 5.02 Å². The molecule has 23 heavy (non-hydrogen) atoms. The van der Waals surface area contributed by atoms with Gasteiger partial charge in [0, 0.05) is 12.1 Å². The number of nitrogens with one attached hydrogen (secondary N) is 1. The molecule has 4 nitrogen and oxygen atoms in total. The van der Waals surface area contributed by atoms with Crippen LogP contribution >= 0.6 is 11.6 Å². The summed E-state index contributed by atoms with van der Waals surface area (Å²) in [6, 6.07) is 11.1. The predicted octanol–water partition coefficient (Wildman–Crippen LogP) is 4.32. The lowest BCUT2D eigenvalue weighted by molar-refractivity contribution is -0.111. The van der Waals surface area contributed by atoms with Gasteiger partial charge in [0.25, 0.3) is 0 Å². The van der Waals surface area contributed by atoms with Crippen LogP contribution in [0.5, 0.6) is 11.5 Å². The van der Waals surface area contributed by atoms with Gasteiger partial charge in [0.15, 0.2) is 0 Å². The first-order chi connectivity index (χ1) is 11.0. The van der Waals surface area contributed by atoms with E-state index < -0.39 is 0 Å². The van der Waals surface area contributed by atoms with Crippen LogP contribution in [-0.2, 0) is 4.79 Å². The number of amides is 1. The molecule has 2 aromatic carbocycles. The summed E-state index contributed by atoms with van der Waals surface area (Å²) in [5.41, 5.74) is 2.58. The van der Waals surface area contributed by atoms with E-state index >= 15 is 0 Å². The van der Waals surface area contributed by atoms with Gasteiger partial charge in [-0.3, -0.25) is 4.79 Å². The van der Waals surface area contributed by atoms with Gasteiger partial charge in [-0.1, -0.05) is 41.4 Å². The summed E-state index contributed by atoms with van der Waals surface area (Å²) in [5, 5.41) is 3.14. The van der Waals surface area contributed by atoms with Gasteiger partial charge in [0.1, 0.15) is 11.5 Å². The smallest absolute Gasteiger partial charge is 0.248 e. The highest BCUT2D eigenvalue weighted by Crippen LogP contribution is 2.35. The third kappa shape index (κ3) is 4.50. The largest absolute Gasteiger partial charge is 0.495 e. The molecule has 1 amide bonds. The van der Waals surface area contributed by atoms with Crippen LogP contribution < -0.4 is 14.8 Å². The molecule has 5 heteroatoms. The van der Waals surface area contributed by atoms with Crippen molar-refractivity contribution in [1.29, 1.82) is 0 Å². The van der Waals surface area contributed by atoms with Crippen molar-refractivity contribution < 1.29 is 14.3 Å². The Morgan fingerprint density at radius 1 is 1.13 bits per heavy atom. The van der Waals surface area contributed by atoms with E-state index in [0.29, 0.717) is 22.2 Å². The summed E-state index contributed by atoms with van der Waals surface area (Å²) in [6.45, 7) is 2.00. The molecule has 0 atom stereocenters. The molecule has 0 aliphatic rings. The lowest BCUT2D eigenvalue weighted by Gasteiger charge is -2.12. The molecule has 2 aromatic rings. The fourth-order valence-electron chi connectivity index (χ4n) is 2.08. The van der Waals surface area contributed by atoms with Crippen molar-refractivity contribution in [3.05, 3.63) is 58.6 Å². The number of methoxy groups -OCH3 is 2. The van der Waals surface area contributed by atoms with Gasteiger partial charge >= 0.3 is 0 Å².